The summed E-state index contributed by atoms with van der Waals surface area (Å²) in [5.41, 5.74) is 0.422. The second-order valence-electron chi connectivity index (χ2n) is 3.19. The molecule has 0 spiro atoms. The van der Waals surface area contributed by atoms with Crippen LogP contribution >= 0.6 is 0 Å². The first-order chi connectivity index (χ1) is 6.65. The van der Waals surface area contributed by atoms with Gasteiger partial charge in [0.25, 0.3) is 0 Å². The lowest BCUT2D eigenvalue weighted by Gasteiger charge is -2.31. The van der Waals surface area contributed by atoms with Gasteiger partial charge in [0.15, 0.2) is 0 Å². The van der Waals surface area contributed by atoms with Crippen molar-refractivity contribution in [1.82, 2.24) is 0 Å². The third kappa shape index (κ3) is 1.64. The summed E-state index contributed by atoms with van der Waals surface area (Å²) >= 11 is 0. The average molecular weight is 198 g/mol. The smallest absolute Gasteiger partial charge is 0.334 e. The van der Waals surface area contributed by atoms with Gasteiger partial charge < -0.3 is 9.47 Å². The van der Waals surface area contributed by atoms with Gasteiger partial charge in [-0.25, -0.2) is 4.79 Å². The van der Waals surface area contributed by atoms with Crippen molar-refractivity contribution in [3.05, 3.63) is 11.6 Å². The SMILES string of the molecule is CC[C@H]1C=C(C(=O)OC)[C@H]1C(=O)OC. The van der Waals surface area contributed by atoms with Crippen LogP contribution in [0, 0.1) is 11.8 Å². The van der Waals surface area contributed by atoms with Crippen molar-refractivity contribution in [2.75, 3.05) is 14.2 Å². The van der Waals surface area contributed by atoms with E-state index in [1.807, 2.05) is 6.92 Å². The Hall–Kier alpha value is -1.32. The van der Waals surface area contributed by atoms with Gasteiger partial charge in [-0.15, -0.1) is 0 Å². The van der Waals surface area contributed by atoms with Gasteiger partial charge in [-0.1, -0.05) is 13.0 Å². The minimum absolute atomic E-state index is 0.108. The fraction of sp³-hybridized carbons (Fsp3) is 0.600. The maximum Gasteiger partial charge on any atom is 0.334 e. The van der Waals surface area contributed by atoms with Crippen LogP contribution in [-0.2, 0) is 19.1 Å². The van der Waals surface area contributed by atoms with Crippen LogP contribution in [0.2, 0.25) is 0 Å². The number of rotatable bonds is 3. The summed E-state index contributed by atoms with van der Waals surface area (Å²) < 4.78 is 9.18. The van der Waals surface area contributed by atoms with Gasteiger partial charge in [0.1, 0.15) is 0 Å². The Morgan fingerprint density at radius 1 is 1.36 bits per heavy atom. The third-order valence-electron chi connectivity index (χ3n) is 2.50. The van der Waals surface area contributed by atoms with Crippen LogP contribution < -0.4 is 0 Å². The van der Waals surface area contributed by atoms with Crippen LogP contribution in [-0.4, -0.2) is 26.2 Å². The first kappa shape index (κ1) is 10.8. The molecule has 1 rings (SSSR count). The molecule has 0 aliphatic heterocycles. The van der Waals surface area contributed by atoms with E-state index >= 15 is 0 Å². The first-order valence-corrected chi connectivity index (χ1v) is 4.53. The Bertz CT molecular complexity index is 280. The molecule has 0 N–H and O–H groups in total. The maximum absolute atomic E-state index is 11.3. The minimum Gasteiger partial charge on any atom is -0.469 e. The highest BCUT2D eigenvalue weighted by Gasteiger charge is 2.41. The number of carbonyl (C=O) groups excluding carboxylic acids is 2. The fourth-order valence-electron chi connectivity index (χ4n) is 1.64. The number of carbonyl (C=O) groups is 2. The van der Waals surface area contributed by atoms with Gasteiger partial charge >= 0.3 is 11.9 Å². The fourth-order valence-corrected chi connectivity index (χ4v) is 1.64. The quantitative estimate of drug-likeness (QED) is 0.632. The molecule has 1 aliphatic rings. The highest BCUT2D eigenvalue weighted by atomic mass is 16.5. The molecule has 0 aromatic heterocycles. The average Bonchev–Trinajstić information content (AvgIpc) is 2.16. The van der Waals surface area contributed by atoms with E-state index in [4.69, 9.17) is 0 Å². The molecule has 0 aromatic rings. The molecule has 0 radical (unpaired) electrons. The molecule has 4 nitrogen and oxygen atoms in total. The van der Waals surface area contributed by atoms with Crippen molar-refractivity contribution in [1.29, 1.82) is 0 Å². The van der Waals surface area contributed by atoms with Crippen LogP contribution in [0.5, 0.6) is 0 Å². The Kier molecular flexibility index (Phi) is 3.28. The van der Waals surface area contributed by atoms with Crippen LogP contribution in [0.4, 0.5) is 0 Å². The summed E-state index contributed by atoms with van der Waals surface area (Å²) in [6.07, 6.45) is 2.59. The molecular weight excluding hydrogens is 184 g/mol. The van der Waals surface area contributed by atoms with E-state index in [9.17, 15) is 9.59 Å². The number of methoxy groups -OCH3 is 2. The molecule has 1 aliphatic carbocycles. The molecule has 0 unspecified atom stereocenters. The molecule has 0 saturated heterocycles. The van der Waals surface area contributed by atoms with Gasteiger partial charge in [0.05, 0.1) is 20.1 Å². The molecule has 78 valence electrons. The predicted octanol–water partition coefficient (Wildman–Crippen LogP) is 0.915. The van der Waals surface area contributed by atoms with Gasteiger partial charge in [-0.2, -0.15) is 0 Å². The van der Waals surface area contributed by atoms with Crippen molar-refractivity contribution in [3.63, 3.8) is 0 Å². The number of allylic oxidation sites excluding steroid dienone is 1. The van der Waals surface area contributed by atoms with Crippen LogP contribution in [0.1, 0.15) is 13.3 Å². The zero-order chi connectivity index (χ0) is 10.7. The second-order valence-corrected chi connectivity index (χ2v) is 3.19. The molecule has 14 heavy (non-hydrogen) atoms. The Morgan fingerprint density at radius 3 is 2.43 bits per heavy atom. The summed E-state index contributed by atoms with van der Waals surface area (Å²) in [5, 5.41) is 0. The molecule has 0 amide bonds. The molecule has 0 fully saturated rings. The minimum atomic E-state index is -0.440. The van der Waals surface area contributed by atoms with Gasteiger partial charge in [0.2, 0.25) is 0 Å². The number of esters is 2. The molecule has 0 bridgehead atoms. The normalized spacial score (nSPS) is 24.6. The molecule has 0 aromatic carbocycles. The molecular formula is C10H14O4. The number of hydrogen-bond donors (Lipinski definition) is 0. The van der Waals surface area contributed by atoms with Gasteiger partial charge in [-0.05, 0) is 12.3 Å². The topological polar surface area (TPSA) is 52.6 Å². The van der Waals surface area contributed by atoms with Crippen LogP contribution in [0.25, 0.3) is 0 Å². The largest absolute Gasteiger partial charge is 0.469 e. The van der Waals surface area contributed by atoms with E-state index in [-0.39, 0.29) is 11.9 Å². The van der Waals surface area contributed by atoms with E-state index < -0.39 is 11.9 Å². The Morgan fingerprint density at radius 2 is 2.00 bits per heavy atom. The zero-order valence-corrected chi connectivity index (χ0v) is 8.57. The summed E-state index contributed by atoms with van der Waals surface area (Å²) in [4.78, 5) is 22.5. The van der Waals surface area contributed by atoms with Crippen molar-refractivity contribution in [3.8, 4) is 0 Å². The summed E-state index contributed by atoms with van der Waals surface area (Å²) in [6.45, 7) is 1.96. The molecule has 2 atom stereocenters. The van der Waals surface area contributed by atoms with Crippen molar-refractivity contribution in [2.24, 2.45) is 11.8 Å². The lowest BCUT2D eigenvalue weighted by atomic mass is 9.73. The summed E-state index contributed by atoms with van der Waals surface area (Å²) in [5.74, 6) is -1.13. The van der Waals surface area contributed by atoms with E-state index in [0.717, 1.165) is 6.42 Å². The van der Waals surface area contributed by atoms with E-state index in [2.05, 4.69) is 9.47 Å². The maximum atomic E-state index is 11.3. The highest BCUT2D eigenvalue weighted by Crippen LogP contribution is 2.37. The summed E-state index contributed by atoms with van der Waals surface area (Å²) in [7, 11) is 2.62. The second kappa shape index (κ2) is 4.26. The van der Waals surface area contributed by atoms with Crippen molar-refractivity contribution in [2.45, 2.75) is 13.3 Å². The molecule has 0 heterocycles. The van der Waals surface area contributed by atoms with E-state index in [1.165, 1.54) is 14.2 Å². The van der Waals surface area contributed by atoms with Crippen molar-refractivity contribution >= 4 is 11.9 Å². The lowest BCUT2D eigenvalue weighted by Crippen LogP contribution is -2.36. The van der Waals surface area contributed by atoms with E-state index in [0.29, 0.717) is 5.57 Å². The Balaban J connectivity index is 2.78. The lowest BCUT2D eigenvalue weighted by molar-refractivity contribution is -0.150. The van der Waals surface area contributed by atoms with Crippen molar-refractivity contribution < 1.29 is 19.1 Å². The zero-order valence-electron chi connectivity index (χ0n) is 8.57. The number of hydrogen-bond acceptors (Lipinski definition) is 4. The molecule has 0 saturated carbocycles. The highest BCUT2D eigenvalue weighted by molar-refractivity contribution is 5.98. The standard InChI is InChI=1S/C10H14O4/c1-4-6-5-7(9(11)13-2)8(6)10(12)14-3/h5-6,8H,4H2,1-3H3/t6-,8-/m0/s1. The van der Waals surface area contributed by atoms with Gasteiger partial charge in [0, 0.05) is 5.57 Å². The number of ether oxygens (including phenoxy) is 2. The van der Waals surface area contributed by atoms with Gasteiger partial charge in [-0.3, -0.25) is 4.79 Å². The van der Waals surface area contributed by atoms with Crippen LogP contribution in [0.15, 0.2) is 11.6 Å². The predicted molar refractivity (Wildman–Crippen MR) is 49.4 cm³/mol. The summed E-state index contributed by atoms with van der Waals surface area (Å²) in [6, 6.07) is 0. The third-order valence-corrected chi connectivity index (χ3v) is 2.50. The monoisotopic (exact) mass is 198 g/mol. The van der Waals surface area contributed by atoms with Crippen LogP contribution in [0.3, 0.4) is 0 Å². The molecule has 4 heteroatoms. The first-order valence-electron chi connectivity index (χ1n) is 4.53. The van der Waals surface area contributed by atoms with E-state index in [1.54, 1.807) is 6.08 Å². The Labute approximate surface area is 82.9 Å².